The minimum atomic E-state index is -1.30. The van der Waals surface area contributed by atoms with Crippen LogP contribution in [0.15, 0.2) is 109 Å². The molecule has 0 saturated heterocycles. The molecule has 0 radical (unpaired) electrons. The van der Waals surface area contributed by atoms with Crippen LogP contribution in [0.5, 0.6) is 0 Å². The van der Waals surface area contributed by atoms with Crippen molar-refractivity contribution in [2.24, 2.45) is 0 Å². The smallest absolute Gasteiger partial charge is 0.200 e. The van der Waals surface area contributed by atoms with Crippen LogP contribution in [0.25, 0.3) is 0 Å². The van der Waals surface area contributed by atoms with Gasteiger partial charge in [-0.2, -0.15) is 4.39 Å². The Kier molecular flexibility index (Phi) is 9.12. The molecule has 0 amide bonds. The van der Waals surface area contributed by atoms with Crippen molar-refractivity contribution in [2.75, 3.05) is 6.61 Å². The first-order valence-electron chi connectivity index (χ1n) is 7.49. The van der Waals surface area contributed by atoms with Gasteiger partial charge < -0.3 is 4.74 Å². The Hall–Kier alpha value is -2.82. The van der Waals surface area contributed by atoms with Crippen molar-refractivity contribution in [2.45, 2.75) is 13.8 Å². The third kappa shape index (κ3) is 6.24. The molecular formula is C21H22F4O. The van der Waals surface area contributed by atoms with Crippen LogP contribution in [0.2, 0.25) is 0 Å². The minimum Gasteiger partial charge on any atom is -0.491 e. The molecule has 0 bridgehead atoms. The van der Waals surface area contributed by atoms with Crippen LogP contribution in [0.1, 0.15) is 13.8 Å². The lowest BCUT2D eigenvalue weighted by molar-refractivity contribution is 0.224. The Labute approximate surface area is 152 Å². The molecule has 0 spiro atoms. The van der Waals surface area contributed by atoms with E-state index in [0.717, 1.165) is 0 Å². The Balaban J connectivity index is 5.31. The summed E-state index contributed by atoms with van der Waals surface area (Å²) in [6, 6.07) is 0. The second-order valence-electron chi connectivity index (χ2n) is 5.23. The zero-order chi connectivity index (χ0) is 20.6. The van der Waals surface area contributed by atoms with Crippen LogP contribution >= 0.6 is 0 Å². The third-order valence-electron chi connectivity index (χ3n) is 3.11. The van der Waals surface area contributed by atoms with Crippen LogP contribution in [0, 0.1) is 0 Å². The van der Waals surface area contributed by atoms with Crippen LogP contribution in [-0.2, 0) is 4.74 Å². The van der Waals surface area contributed by atoms with E-state index < -0.39 is 29.1 Å². The molecule has 0 atom stereocenters. The number of hydrogen-bond acceptors (Lipinski definition) is 1. The first-order chi connectivity index (χ1) is 11.9. The molecule has 140 valence electrons. The average Bonchev–Trinajstić information content (AvgIpc) is 2.61. The lowest BCUT2D eigenvalue weighted by atomic mass is 10.0. The Morgan fingerprint density at radius 1 is 0.731 bits per heavy atom. The second-order valence-corrected chi connectivity index (χ2v) is 5.23. The molecule has 0 saturated carbocycles. The van der Waals surface area contributed by atoms with E-state index >= 15 is 0 Å². The molecule has 0 aromatic heterocycles. The monoisotopic (exact) mass is 366 g/mol. The zero-order valence-electron chi connectivity index (χ0n) is 15.0. The summed E-state index contributed by atoms with van der Waals surface area (Å²) in [7, 11) is 0. The summed E-state index contributed by atoms with van der Waals surface area (Å²) in [5, 5.41) is 0. The second kappa shape index (κ2) is 10.2. The van der Waals surface area contributed by atoms with E-state index in [1.165, 1.54) is 19.1 Å². The fourth-order valence-corrected chi connectivity index (χ4v) is 1.50. The van der Waals surface area contributed by atoms with Gasteiger partial charge in [0.2, 0.25) is 5.83 Å². The molecule has 0 rings (SSSR count). The maximum atomic E-state index is 14.0. The lowest BCUT2D eigenvalue weighted by Crippen LogP contribution is -1.95. The molecule has 0 heterocycles. The zero-order valence-corrected chi connectivity index (χ0v) is 15.0. The van der Waals surface area contributed by atoms with E-state index in [-0.39, 0.29) is 34.5 Å². The van der Waals surface area contributed by atoms with E-state index in [9.17, 15) is 17.6 Å². The lowest BCUT2D eigenvalue weighted by Gasteiger charge is -2.08. The van der Waals surface area contributed by atoms with Crippen LogP contribution in [-0.4, -0.2) is 6.61 Å². The van der Waals surface area contributed by atoms with Crippen molar-refractivity contribution in [1.29, 1.82) is 0 Å². The summed E-state index contributed by atoms with van der Waals surface area (Å²) in [4.78, 5) is 0. The molecule has 0 aliphatic carbocycles. The maximum absolute atomic E-state index is 14.0. The van der Waals surface area contributed by atoms with Crippen molar-refractivity contribution >= 4 is 0 Å². The van der Waals surface area contributed by atoms with Crippen LogP contribution in [0.3, 0.4) is 0 Å². The summed E-state index contributed by atoms with van der Waals surface area (Å²) in [5.41, 5.74) is -0.776. The summed E-state index contributed by atoms with van der Waals surface area (Å²) in [5.74, 6) is -5.41. The number of allylic oxidation sites excluding steroid dienone is 11. The Morgan fingerprint density at radius 3 is 1.46 bits per heavy atom. The predicted molar refractivity (Wildman–Crippen MR) is 99.8 cm³/mol. The third-order valence-corrected chi connectivity index (χ3v) is 3.11. The molecule has 0 aliphatic rings. The van der Waals surface area contributed by atoms with Gasteiger partial charge in [0.05, 0.1) is 6.61 Å². The summed E-state index contributed by atoms with van der Waals surface area (Å²) in [6.45, 7) is 23.4. The van der Waals surface area contributed by atoms with Gasteiger partial charge in [0.1, 0.15) is 0 Å². The van der Waals surface area contributed by atoms with Gasteiger partial charge in [-0.05, 0) is 30.6 Å². The molecule has 26 heavy (non-hydrogen) atoms. The summed E-state index contributed by atoms with van der Waals surface area (Å²) in [6.07, 6.45) is 2.45. The normalized spacial score (nSPS) is 12.8. The fourth-order valence-electron chi connectivity index (χ4n) is 1.50. The Morgan fingerprint density at radius 2 is 1.12 bits per heavy atom. The SMILES string of the molecule is C=C(/C=C\C(=C)C(=C)/C(F)=C(/F)C(=C)OCC)C(=C)/C(F)=C(/F)C(=C)C. The van der Waals surface area contributed by atoms with Gasteiger partial charge in [-0.15, -0.1) is 0 Å². The van der Waals surface area contributed by atoms with Gasteiger partial charge in [0.25, 0.3) is 0 Å². The number of ether oxygens (including phenoxy) is 1. The molecular weight excluding hydrogens is 344 g/mol. The van der Waals surface area contributed by atoms with Gasteiger partial charge >= 0.3 is 0 Å². The molecule has 0 aromatic rings. The Bertz CT molecular complexity index is 761. The van der Waals surface area contributed by atoms with Crippen molar-refractivity contribution in [3.8, 4) is 0 Å². The highest BCUT2D eigenvalue weighted by Gasteiger charge is 2.16. The highest BCUT2D eigenvalue weighted by atomic mass is 19.2. The average molecular weight is 366 g/mol. The van der Waals surface area contributed by atoms with Gasteiger partial charge in [0.15, 0.2) is 23.2 Å². The number of hydrogen-bond donors (Lipinski definition) is 0. The molecule has 1 nitrogen and oxygen atoms in total. The largest absolute Gasteiger partial charge is 0.491 e. The fraction of sp³-hybridized carbons (Fsp3) is 0.143. The summed E-state index contributed by atoms with van der Waals surface area (Å²) < 4.78 is 60.0. The maximum Gasteiger partial charge on any atom is 0.200 e. The van der Waals surface area contributed by atoms with Crippen LogP contribution in [0.4, 0.5) is 17.6 Å². The topological polar surface area (TPSA) is 9.23 Å². The first kappa shape index (κ1) is 23.2. The standard InChI is InChI=1S/C21H22F4O/c1-9-26-17(8)21(25)20(24)16(7)14(5)11-10-13(4)15(6)19(23)18(22)12(2)3/h10-11H,2,4-9H2,1,3H3/b11-10-,19-18-,21-20-. The minimum absolute atomic E-state index is 0.0106. The predicted octanol–water partition coefficient (Wildman–Crippen LogP) is 7.19. The molecule has 0 unspecified atom stereocenters. The number of halogens is 4. The molecule has 0 N–H and O–H groups in total. The van der Waals surface area contributed by atoms with E-state index in [4.69, 9.17) is 4.74 Å². The van der Waals surface area contributed by atoms with Gasteiger partial charge in [-0.3, -0.25) is 0 Å². The molecule has 0 aliphatic heterocycles. The first-order valence-corrected chi connectivity index (χ1v) is 7.49. The highest BCUT2D eigenvalue weighted by Crippen LogP contribution is 2.29. The highest BCUT2D eigenvalue weighted by molar-refractivity contribution is 5.54. The van der Waals surface area contributed by atoms with Gasteiger partial charge in [-0.1, -0.05) is 51.6 Å². The summed E-state index contributed by atoms with van der Waals surface area (Å²) >= 11 is 0. The molecule has 0 aromatic carbocycles. The molecule has 0 fully saturated rings. The quantitative estimate of drug-likeness (QED) is 0.226. The van der Waals surface area contributed by atoms with Crippen molar-refractivity contribution < 1.29 is 22.3 Å². The van der Waals surface area contributed by atoms with Crippen molar-refractivity contribution in [1.82, 2.24) is 0 Å². The van der Waals surface area contributed by atoms with Gasteiger partial charge in [-0.25, -0.2) is 13.2 Å². The van der Waals surface area contributed by atoms with E-state index in [1.54, 1.807) is 6.92 Å². The van der Waals surface area contributed by atoms with E-state index in [1.807, 2.05) is 0 Å². The van der Waals surface area contributed by atoms with E-state index in [0.29, 0.717) is 0 Å². The molecule has 5 heteroatoms. The van der Waals surface area contributed by atoms with Crippen molar-refractivity contribution in [3.63, 3.8) is 0 Å². The van der Waals surface area contributed by atoms with Crippen molar-refractivity contribution in [3.05, 3.63) is 109 Å². The van der Waals surface area contributed by atoms with Crippen LogP contribution < -0.4 is 0 Å². The van der Waals surface area contributed by atoms with Gasteiger partial charge in [0, 0.05) is 11.1 Å². The van der Waals surface area contributed by atoms with E-state index in [2.05, 4.69) is 39.5 Å². The number of rotatable bonds is 10.